The van der Waals surface area contributed by atoms with Gasteiger partial charge in [-0.15, -0.1) is 0 Å². The summed E-state index contributed by atoms with van der Waals surface area (Å²) in [5, 5.41) is 5.59. The highest BCUT2D eigenvalue weighted by atomic mass is 35.5. The summed E-state index contributed by atoms with van der Waals surface area (Å²) >= 11 is 18.0. The fourth-order valence-electron chi connectivity index (χ4n) is 1.69. The Hall–Kier alpha value is -1.42. The van der Waals surface area contributed by atoms with Crippen molar-refractivity contribution < 1.29 is 4.74 Å². The van der Waals surface area contributed by atoms with Gasteiger partial charge >= 0.3 is 0 Å². The summed E-state index contributed by atoms with van der Waals surface area (Å²) in [5.41, 5.74) is 5.15. The molecular formula is C15H13Cl3N2O. The number of ether oxygens (including phenoxy) is 1. The van der Waals surface area contributed by atoms with Gasteiger partial charge in [0.2, 0.25) is 0 Å². The number of benzene rings is 2. The predicted octanol–water partition coefficient (Wildman–Crippen LogP) is 5.49. The molecule has 2 aromatic rings. The molecule has 21 heavy (non-hydrogen) atoms. The number of methoxy groups -OCH3 is 1. The number of hydrogen-bond acceptors (Lipinski definition) is 3. The molecule has 0 atom stereocenters. The van der Waals surface area contributed by atoms with Crippen LogP contribution in [-0.4, -0.2) is 12.8 Å². The second kappa shape index (κ2) is 7.03. The summed E-state index contributed by atoms with van der Waals surface area (Å²) in [6, 6.07) is 10.8. The maximum absolute atomic E-state index is 6.09. The second-order valence-corrected chi connectivity index (χ2v) is 5.53. The molecule has 2 aromatic carbocycles. The average molecular weight is 344 g/mol. The van der Waals surface area contributed by atoms with Crippen molar-refractivity contribution in [3.63, 3.8) is 0 Å². The van der Waals surface area contributed by atoms with Crippen molar-refractivity contribution in [1.29, 1.82) is 0 Å². The smallest absolute Gasteiger partial charge is 0.118 e. The van der Waals surface area contributed by atoms with Gasteiger partial charge in [-0.3, -0.25) is 5.43 Å². The van der Waals surface area contributed by atoms with Crippen LogP contribution in [0, 0.1) is 0 Å². The highest BCUT2D eigenvalue weighted by Gasteiger charge is 2.07. The Bertz CT molecular complexity index is 646. The molecule has 3 nitrogen and oxygen atoms in total. The molecule has 0 heterocycles. The first-order valence-electron chi connectivity index (χ1n) is 6.10. The van der Waals surface area contributed by atoms with Crippen LogP contribution in [-0.2, 0) is 0 Å². The van der Waals surface area contributed by atoms with Crippen molar-refractivity contribution in [2.45, 2.75) is 6.92 Å². The summed E-state index contributed by atoms with van der Waals surface area (Å²) in [5.74, 6) is 0.795. The number of anilines is 1. The zero-order valence-corrected chi connectivity index (χ0v) is 13.7. The first-order chi connectivity index (χ1) is 10.0. The van der Waals surface area contributed by atoms with E-state index in [1.165, 1.54) is 0 Å². The van der Waals surface area contributed by atoms with Crippen LogP contribution in [0.25, 0.3) is 0 Å². The number of rotatable bonds is 4. The molecule has 0 aliphatic rings. The minimum atomic E-state index is 0.416. The lowest BCUT2D eigenvalue weighted by atomic mass is 10.1. The largest absolute Gasteiger partial charge is 0.497 e. The van der Waals surface area contributed by atoms with Crippen LogP contribution in [0.5, 0.6) is 5.75 Å². The van der Waals surface area contributed by atoms with Crippen LogP contribution >= 0.6 is 34.8 Å². The minimum Gasteiger partial charge on any atom is -0.497 e. The van der Waals surface area contributed by atoms with Crippen LogP contribution in [0.4, 0.5) is 5.69 Å². The van der Waals surface area contributed by atoms with E-state index >= 15 is 0 Å². The first-order valence-corrected chi connectivity index (χ1v) is 7.24. The summed E-state index contributed by atoms with van der Waals surface area (Å²) in [6.07, 6.45) is 0. The molecule has 0 saturated carbocycles. The van der Waals surface area contributed by atoms with Gasteiger partial charge < -0.3 is 4.74 Å². The Labute approximate surface area is 138 Å². The first kappa shape index (κ1) is 16.0. The second-order valence-electron chi connectivity index (χ2n) is 4.28. The molecule has 0 spiro atoms. The van der Waals surface area contributed by atoms with Gasteiger partial charge in [-0.2, -0.15) is 5.10 Å². The van der Waals surface area contributed by atoms with Gasteiger partial charge in [0.05, 0.1) is 28.6 Å². The highest BCUT2D eigenvalue weighted by Crippen LogP contribution is 2.33. The maximum Gasteiger partial charge on any atom is 0.118 e. The van der Waals surface area contributed by atoms with Crippen molar-refractivity contribution in [2.75, 3.05) is 12.5 Å². The Balaban J connectivity index is 2.20. The number of halogens is 3. The van der Waals surface area contributed by atoms with Crippen LogP contribution in [0.1, 0.15) is 12.5 Å². The van der Waals surface area contributed by atoms with Crippen LogP contribution in [0.15, 0.2) is 41.5 Å². The Morgan fingerprint density at radius 1 is 1.05 bits per heavy atom. The molecule has 110 valence electrons. The monoisotopic (exact) mass is 342 g/mol. The van der Waals surface area contributed by atoms with Crippen LogP contribution < -0.4 is 10.2 Å². The normalized spacial score (nSPS) is 11.4. The minimum absolute atomic E-state index is 0.416. The van der Waals surface area contributed by atoms with E-state index in [1.54, 1.807) is 19.2 Å². The van der Waals surface area contributed by atoms with Crippen LogP contribution in [0.3, 0.4) is 0 Å². The fraction of sp³-hybridized carbons (Fsp3) is 0.133. The Morgan fingerprint density at radius 3 is 2.14 bits per heavy atom. The molecule has 0 aromatic heterocycles. The third-order valence-electron chi connectivity index (χ3n) is 2.85. The van der Waals surface area contributed by atoms with E-state index in [-0.39, 0.29) is 0 Å². The molecule has 0 aliphatic heterocycles. The third kappa shape index (κ3) is 4.03. The zero-order chi connectivity index (χ0) is 15.4. The third-order valence-corrected chi connectivity index (χ3v) is 3.66. The Kier molecular flexibility index (Phi) is 5.34. The molecule has 2 rings (SSSR count). The van der Waals surface area contributed by atoms with E-state index in [4.69, 9.17) is 39.5 Å². The van der Waals surface area contributed by atoms with E-state index in [0.29, 0.717) is 20.8 Å². The van der Waals surface area contributed by atoms with Gasteiger partial charge in [0.25, 0.3) is 0 Å². The molecule has 0 bridgehead atoms. The molecule has 0 radical (unpaired) electrons. The van der Waals surface area contributed by atoms with Gasteiger partial charge in [-0.05, 0) is 48.9 Å². The van der Waals surface area contributed by atoms with Gasteiger partial charge in [0, 0.05) is 5.02 Å². The summed E-state index contributed by atoms with van der Waals surface area (Å²) in [6.45, 7) is 1.88. The van der Waals surface area contributed by atoms with E-state index in [1.807, 2.05) is 31.2 Å². The number of nitrogens with zero attached hydrogens (tertiary/aromatic N) is 1. The predicted molar refractivity (Wildman–Crippen MR) is 90.3 cm³/mol. The van der Waals surface area contributed by atoms with Crippen molar-refractivity contribution in [2.24, 2.45) is 5.10 Å². The zero-order valence-electron chi connectivity index (χ0n) is 11.5. The molecule has 0 amide bonds. The van der Waals surface area contributed by atoms with Gasteiger partial charge in [-0.25, -0.2) is 0 Å². The lowest BCUT2D eigenvalue weighted by molar-refractivity contribution is 0.415. The quantitative estimate of drug-likeness (QED) is 0.588. The molecule has 0 unspecified atom stereocenters. The summed E-state index contributed by atoms with van der Waals surface area (Å²) in [4.78, 5) is 0. The SMILES string of the molecule is COc1ccc(/C(C)=N\Nc2c(Cl)cc(Cl)cc2Cl)cc1. The van der Waals surface area contributed by atoms with Gasteiger partial charge in [0.1, 0.15) is 5.75 Å². The molecular weight excluding hydrogens is 331 g/mol. The topological polar surface area (TPSA) is 33.6 Å². The van der Waals surface area contributed by atoms with E-state index in [9.17, 15) is 0 Å². The number of hydrazone groups is 1. The van der Waals surface area contributed by atoms with E-state index < -0.39 is 0 Å². The van der Waals surface area contributed by atoms with E-state index in [2.05, 4.69) is 10.5 Å². The number of hydrogen-bond donors (Lipinski definition) is 1. The molecule has 0 fully saturated rings. The lowest BCUT2D eigenvalue weighted by Gasteiger charge is -2.08. The van der Waals surface area contributed by atoms with Gasteiger partial charge in [0.15, 0.2) is 0 Å². The van der Waals surface area contributed by atoms with Gasteiger partial charge in [-0.1, -0.05) is 34.8 Å². The highest BCUT2D eigenvalue weighted by molar-refractivity contribution is 6.41. The Morgan fingerprint density at radius 2 is 1.62 bits per heavy atom. The summed E-state index contributed by atoms with van der Waals surface area (Å²) in [7, 11) is 1.63. The lowest BCUT2D eigenvalue weighted by Crippen LogP contribution is -2.00. The van der Waals surface area contributed by atoms with Crippen molar-refractivity contribution in [3.05, 3.63) is 57.0 Å². The average Bonchev–Trinajstić information content (AvgIpc) is 2.46. The van der Waals surface area contributed by atoms with Crippen LogP contribution in [0.2, 0.25) is 15.1 Å². The molecule has 6 heteroatoms. The van der Waals surface area contributed by atoms with Crippen molar-refractivity contribution >= 4 is 46.2 Å². The van der Waals surface area contributed by atoms with Crippen molar-refractivity contribution in [3.8, 4) is 5.75 Å². The maximum atomic E-state index is 6.09. The standard InChI is InChI=1S/C15H13Cl3N2O/c1-9(10-3-5-12(21-2)6-4-10)19-20-15-13(17)7-11(16)8-14(15)18/h3-8,20H,1-2H3/b19-9-. The molecule has 0 aliphatic carbocycles. The molecule has 1 N–H and O–H groups in total. The van der Waals surface area contributed by atoms with Crippen molar-refractivity contribution in [1.82, 2.24) is 0 Å². The number of nitrogens with one attached hydrogen (secondary N) is 1. The summed E-state index contributed by atoms with van der Waals surface area (Å²) < 4.78 is 5.12. The fourth-order valence-corrected chi connectivity index (χ4v) is 2.59. The molecule has 0 saturated heterocycles. The van der Waals surface area contributed by atoms with E-state index in [0.717, 1.165) is 17.0 Å².